The lowest BCUT2D eigenvalue weighted by atomic mass is 9.93. The van der Waals surface area contributed by atoms with E-state index in [-0.39, 0.29) is 36.5 Å². The molecule has 12 heteroatoms. The summed E-state index contributed by atoms with van der Waals surface area (Å²) in [6.45, 7) is 11.6. The largest absolute Gasteiger partial charge is 0.361 e. The van der Waals surface area contributed by atoms with Crippen LogP contribution in [0.4, 0.5) is 0 Å². The Morgan fingerprint density at radius 2 is 1.19 bits per heavy atom. The number of hydrogen-bond acceptors (Lipinski definition) is 8. The predicted octanol–water partition coefficient (Wildman–Crippen LogP) is 3.24. The molecule has 0 aliphatic carbocycles. The maximum atomic E-state index is 14.1. The lowest BCUT2D eigenvalue weighted by Crippen LogP contribution is -2.59. The van der Waals surface area contributed by atoms with E-state index in [0.29, 0.717) is 32.3 Å². The first-order valence-corrected chi connectivity index (χ1v) is 19.3. The smallest absolute Gasteiger partial charge is 0.243 e. The maximum absolute atomic E-state index is 14.1. The molecule has 0 bridgehead atoms. The lowest BCUT2D eigenvalue weighted by Gasteiger charge is -2.28. The molecule has 53 heavy (non-hydrogen) atoms. The third-order valence-electron chi connectivity index (χ3n) is 9.73. The van der Waals surface area contributed by atoms with Crippen LogP contribution in [0.1, 0.15) is 84.3 Å². The van der Waals surface area contributed by atoms with Crippen LogP contribution in [0.5, 0.6) is 0 Å². The molecule has 4 rings (SSSR count). The minimum atomic E-state index is -1.03. The van der Waals surface area contributed by atoms with Crippen LogP contribution < -0.4 is 26.7 Å². The molecule has 290 valence electrons. The normalized spacial score (nSPS) is 19.5. The number of rotatable bonds is 21. The number of hydrazine groups is 1. The number of piperidine rings is 1. The van der Waals surface area contributed by atoms with Crippen molar-refractivity contribution in [3.8, 4) is 0 Å². The second-order valence-corrected chi connectivity index (χ2v) is 15.5. The Kier molecular flexibility index (Phi) is 16.0. The van der Waals surface area contributed by atoms with Crippen molar-refractivity contribution in [2.75, 3.05) is 26.2 Å². The molecule has 0 saturated carbocycles. The Morgan fingerprint density at radius 3 is 1.77 bits per heavy atom. The summed E-state index contributed by atoms with van der Waals surface area (Å²) in [4.78, 5) is 68.5. The van der Waals surface area contributed by atoms with Crippen molar-refractivity contribution in [3.63, 3.8) is 0 Å². The molecule has 4 amide bonds. The number of amides is 4. The minimum absolute atomic E-state index is 0.0193. The van der Waals surface area contributed by atoms with Crippen molar-refractivity contribution in [3.05, 3.63) is 71.8 Å². The molecule has 0 radical (unpaired) electrons. The SMILES string of the molecule is CC(C)C[C@H](NC(=O)[C@H](CCc1ccccc1)NC(=O)CNN1CCCCC1)C(=O)N[C@@H](Cc1ccccc1)C(=O)N[C@@H](CC(C)C)C(=O)[C@@]1(C)CO1. The molecule has 2 aliphatic rings. The van der Waals surface area contributed by atoms with Gasteiger partial charge in [-0.15, -0.1) is 0 Å². The zero-order chi connectivity index (χ0) is 38.4. The van der Waals surface area contributed by atoms with Crippen LogP contribution in [-0.4, -0.2) is 90.4 Å². The minimum Gasteiger partial charge on any atom is -0.361 e. The summed E-state index contributed by atoms with van der Waals surface area (Å²) in [6.07, 6.45) is 5.07. The van der Waals surface area contributed by atoms with Gasteiger partial charge in [-0.05, 0) is 68.4 Å². The highest BCUT2D eigenvalue weighted by Crippen LogP contribution is 2.29. The summed E-state index contributed by atoms with van der Waals surface area (Å²) in [6, 6.07) is 15.4. The number of nitrogens with one attached hydrogen (secondary N) is 5. The van der Waals surface area contributed by atoms with E-state index in [9.17, 15) is 24.0 Å². The van der Waals surface area contributed by atoms with Gasteiger partial charge in [0.2, 0.25) is 23.6 Å². The number of ether oxygens (including phenoxy) is 1. The van der Waals surface area contributed by atoms with Crippen LogP contribution in [0.25, 0.3) is 0 Å². The monoisotopic (exact) mass is 732 g/mol. The van der Waals surface area contributed by atoms with E-state index in [1.54, 1.807) is 6.92 Å². The van der Waals surface area contributed by atoms with E-state index in [1.807, 2.05) is 93.4 Å². The second-order valence-electron chi connectivity index (χ2n) is 15.5. The molecular formula is C41H60N6O6. The van der Waals surface area contributed by atoms with Gasteiger partial charge >= 0.3 is 0 Å². The summed E-state index contributed by atoms with van der Waals surface area (Å²) >= 11 is 0. The number of carbonyl (C=O) groups excluding carboxylic acids is 5. The van der Waals surface area contributed by atoms with Crippen LogP contribution >= 0.6 is 0 Å². The third-order valence-corrected chi connectivity index (χ3v) is 9.73. The second kappa shape index (κ2) is 20.4. The van der Waals surface area contributed by atoms with Gasteiger partial charge in [-0.25, -0.2) is 10.4 Å². The van der Waals surface area contributed by atoms with Crippen molar-refractivity contribution in [1.82, 2.24) is 31.7 Å². The van der Waals surface area contributed by atoms with Gasteiger partial charge in [0.25, 0.3) is 0 Å². The van der Waals surface area contributed by atoms with Gasteiger partial charge in [-0.1, -0.05) is 94.8 Å². The van der Waals surface area contributed by atoms with E-state index in [0.717, 1.165) is 37.1 Å². The molecule has 2 aromatic rings. The van der Waals surface area contributed by atoms with E-state index in [2.05, 4.69) is 26.7 Å². The predicted molar refractivity (Wildman–Crippen MR) is 204 cm³/mol. The molecule has 0 spiro atoms. The fraction of sp³-hybridized carbons (Fsp3) is 0.585. The molecule has 2 aromatic carbocycles. The van der Waals surface area contributed by atoms with Gasteiger partial charge < -0.3 is 26.0 Å². The highest BCUT2D eigenvalue weighted by Gasteiger charge is 2.50. The van der Waals surface area contributed by atoms with Gasteiger partial charge in [-0.2, -0.15) is 0 Å². The molecule has 2 saturated heterocycles. The van der Waals surface area contributed by atoms with Gasteiger partial charge in [-0.3, -0.25) is 24.0 Å². The van der Waals surface area contributed by atoms with E-state index in [1.165, 1.54) is 6.42 Å². The maximum Gasteiger partial charge on any atom is 0.243 e. The van der Waals surface area contributed by atoms with E-state index in [4.69, 9.17) is 4.74 Å². The van der Waals surface area contributed by atoms with Crippen molar-refractivity contribution in [1.29, 1.82) is 0 Å². The first-order valence-electron chi connectivity index (χ1n) is 19.3. The summed E-state index contributed by atoms with van der Waals surface area (Å²) in [7, 11) is 0. The number of nitrogens with zero attached hydrogens (tertiary/aromatic N) is 1. The molecule has 2 heterocycles. The van der Waals surface area contributed by atoms with Crippen LogP contribution in [0, 0.1) is 11.8 Å². The van der Waals surface area contributed by atoms with Crippen LogP contribution in [0.3, 0.4) is 0 Å². The van der Waals surface area contributed by atoms with Gasteiger partial charge in [0.15, 0.2) is 5.78 Å². The number of benzene rings is 2. The van der Waals surface area contributed by atoms with Crippen molar-refractivity contribution >= 4 is 29.4 Å². The summed E-state index contributed by atoms with van der Waals surface area (Å²) in [5.41, 5.74) is 4.10. The number of Topliss-reactive ketones (excluding diaryl/α,β-unsaturated/α-hetero) is 1. The molecule has 12 nitrogen and oxygen atoms in total. The zero-order valence-corrected chi connectivity index (χ0v) is 32.1. The van der Waals surface area contributed by atoms with Crippen molar-refractivity contribution < 1.29 is 28.7 Å². The number of hydrogen-bond donors (Lipinski definition) is 5. The first kappa shape index (κ1) is 41.6. The number of ketones is 1. The van der Waals surface area contributed by atoms with Crippen molar-refractivity contribution in [2.45, 2.75) is 116 Å². The topological polar surface area (TPSA) is 161 Å². The molecule has 5 atom stereocenters. The lowest BCUT2D eigenvalue weighted by molar-refractivity contribution is -0.135. The average molecular weight is 733 g/mol. The van der Waals surface area contributed by atoms with Gasteiger partial charge in [0.1, 0.15) is 23.7 Å². The Bertz CT molecular complexity index is 1490. The Morgan fingerprint density at radius 1 is 0.679 bits per heavy atom. The molecule has 2 fully saturated rings. The highest BCUT2D eigenvalue weighted by atomic mass is 16.6. The van der Waals surface area contributed by atoms with Crippen molar-refractivity contribution in [2.24, 2.45) is 11.8 Å². The number of epoxide rings is 1. The molecule has 0 unspecified atom stereocenters. The number of carbonyl (C=O) groups is 5. The quantitative estimate of drug-likeness (QED) is 0.122. The highest BCUT2D eigenvalue weighted by molar-refractivity contribution is 5.98. The molecule has 0 aromatic heterocycles. The fourth-order valence-corrected chi connectivity index (χ4v) is 6.61. The van der Waals surface area contributed by atoms with Crippen LogP contribution in [0.15, 0.2) is 60.7 Å². The first-order chi connectivity index (χ1) is 25.3. The zero-order valence-electron chi connectivity index (χ0n) is 32.1. The Balaban J connectivity index is 1.50. The van der Waals surface area contributed by atoms with Gasteiger partial charge in [0, 0.05) is 19.5 Å². The molecule has 2 aliphatic heterocycles. The fourth-order valence-electron chi connectivity index (χ4n) is 6.61. The summed E-state index contributed by atoms with van der Waals surface area (Å²) in [5.74, 6) is -1.85. The molecular weight excluding hydrogens is 672 g/mol. The van der Waals surface area contributed by atoms with E-state index >= 15 is 0 Å². The van der Waals surface area contributed by atoms with Crippen LogP contribution in [0.2, 0.25) is 0 Å². The third kappa shape index (κ3) is 14.0. The Labute approximate surface area is 314 Å². The Hall–Kier alpha value is -4.13. The van der Waals surface area contributed by atoms with Crippen LogP contribution in [-0.2, 0) is 41.6 Å². The average Bonchev–Trinajstić information content (AvgIpc) is 3.90. The van der Waals surface area contributed by atoms with E-state index < -0.39 is 47.5 Å². The summed E-state index contributed by atoms with van der Waals surface area (Å²) in [5, 5.41) is 13.7. The van der Waals surface area contributed by atoms with Gasteiger partial charge in [0.05, 0.1) is 19.2 Å². The molecule has 5 N–H and O–H groups in total. The summed E-state index contributed by atoms with van der Waals surface area (Å²) < 4.78 is 5.41. The standard InChI is InChI=1S/C41H60N6O6/c1-28(2)23-33(37(49)41(5)27-53-41)44-40(52)35(25-31-17-11-7-12-18-31)46-39(51)34(24-29(3)4)45-38(50)32(20-19-30-15-9-6-10-16-30)43-36(48)26-42-47-21-13-8-14-22-47/h6-7,9-12,15-18,28-29,32-35,42H,8,13-14,19-27H2,1-5H3,(H,43,48)(H,44,52)(H,45,50)(H,46,51)/t32-,33-,34-,35-,41+/m0/s1. The number of aryl methyl sites for hydroxylation is 1.